The van der Waals surface area contributed by atoms with E-state index in [9.17, 15) is 9.59 Å². The molecule has 0 saturated carbocycles. The van der Waals surface area contributed by atoms with Crippen molar-refractivity contribution in [2.75, 3.05) is 11.4 Å². The summed E-state index contributed by atoms with van der Waals surface area (Å²) in [6.45, 7) is 0.410. The SMILES string of the molecule is O=C(O)CCCN1C(=O)c2c(-c3ccccc3)ccc3cccc1c23. The number of benzene rings is 3. The number of carboxylic acid groups (broad SMARTS) is 1. The van der Waals surface area contributed by atoms with E-state index in [1.165, 1.54) is 0 Å². The Labute approximate surface area is 145 Å². The molecule has 0 atom stereocenters. The highest BCUT2D eigenvalue weighted by atomic mass is 16.4. The molecule has 124 valence electrons. The standard InChI is InChI=1S/C21H17NO3/c23-18(24)10-5-13-22-17-9-4-8-15-11-12-16(14-6-2-1-3-7-14)20(19(15)17)21(22)25/h1-4,6-9,11-12H,5,10,13H2,(H,23,24). The first-order chi connectivity index (χ1) is 12.2. The minimum atomic E-state index is -0.840. The fourth-order valence-corrected chi connectivity index (χ4v) is 3.52. The smallest absolute Gasteiger partial charge is 0.303 e. The van der Waals surface area contributed by atoms with Gasteiger partial charge in [-0.05, 0) is 29.0 Å². The van der Waals surface area contributed by atoms with E-state index in [2.05, 4.69) is 0 Å². The lowest BCUT2D eigenvalue weighted by Crippen LogP contribution is -2.28. The van der Waals surface area contributed by atoms with Crippen LogP contribution in [0.3, 0.4) is 0 Å². The molecule has 0 aliphatic carbocycles. The fourth-order valence-electron chi connectivity index (χ4n) is 3.52. The number of carboxylic acids is 1. The molecule has 0 spiro atoms. The summed E-state index contributed by atoms with van der Waals surface area (Å²) in [6.07, 6.45) is 0.494. The number of anilines is 1. The lowest BCUT2D eigenvalue weighted by molar-refractivity contribution is -0.137. The summed E-state index contributed by atoms with van der Waals surface area (Å²) in [6, 6.07) is 19.8. The van der Waals surface area contributed by atoms with Crippen LogP contribution in [0.25, 0.3) is 21.9 Å². The molecular weight excluding hydrogens is 314 g/mol. The minimum absolute atomic E-state index is 0.0453. The zero-order chi connectivity index (χ0) is 17.4. The van der Waals surface area contributed by atoms with Crippen LogP contribution in [0.15, 0.2) is 60.7 Å². The van der Waals surface area contributed by atoms with Crippen LogP contribution in [-0.4, -0.2) is 23.5 Å². The summed E-state index contributed by atoms with van der Waals surface area (Å²) in [5, 5.41) is 10.9. The molecule has 0 saturated heterocycles. The number of carbonyl (C=O) groups is 2. The Morgan fingerprint density at radius 3 is 2.52 bits per heavy atom. The molecule has 1 amide bonds. The van der Waals surface area contributed by atoms with Crippen LogP contribution in [0.2, 0.25) is 0 Å². The van der Waals surface area contributed by atoms with E-state index in [0.29, 0.717) is 13.0 Å². The molecular formula is C21H17NO3. The van der Waals surface area contributed by atoms with E-state index in [-0.39, 0.29) is 12.3 Å². The third-order valence-corrected chi connectivity index (χ3v) is 4.63. The van der Waals surface area contributed by atoms with Gasteiger partial charge >= 0.3 is 5.97 Å². The Hall–Kier alpha value is -3.14. The number of hydrogen-bond donors (Lipinski definition) is 1. The average Bonchev–Trinajstić information content (AvgIpc) is 2.91. The molecule has 25 heavy (non-hydrogen) atoms. The summed E-state index contributed by atoms with van der Waals surface area (Å²) in [5.74, 6) is -0.886. The second kappa shape index (κ2) is 6.06. The number of nitrogens with zero attached hydrogens (tertiary/aromatic N) is 1. The maximum atomic E-state index is 13.1. The average molecular weight is 331 g/mol. The van der Waals surface area contributed by atoms with E-state index in [1.807, 2.05) is 60.7 Å². The minimum Gasteiger partial charge on any atom is -0.481 e. The molecule has 0 bridgehead atoms. The Morgan fingerprint density at radius 2 is 1.76 bits per heavy atom. The highest BCUT2D eigenvalue weighted by molar-refractivity contribution is 6.28. The molecule has 3 aromatic rings. The summed E-state index contributed by atoms with van der Waals surface area (Å²) in [7, 11) is 0. The molecule has 4 nitrogen and oxygen atoms in total. The van der Waals surface area contributed by atoms with Crippen molar-refractivity contribution >= 4 is 28.3 Å². The molecule has 3 aromatic carbocycles. The predicted octanol–water partition coefficient (Wildman–Crippen LogP) is 4.33. The molecule has 0 radical (unpaired) electrons. The number of rotatable bonds is 5. The van der Waals surface area contributed by atoms with Crippen LogP contribution in [0.1, 0.15) is 23.2 Å². The lowest BCUT2D eigenvalue weighted by Gasteiger charge is -2.17. The maximum Gasteiger partial charge on any atom is 0.303 e. The van der Waals surface area contributed by atoms with Gasteiger partial charge in [0.15, 0.2) is 0 Å². The highest BCUT2D eigenvalue weighted by Gasteiger charge is 2.32. The van der Waals surface area contributed by atoms with Gasteiger partial charge < -0.3 is 10.0 Å². The third-order valence-electron chi connectivity index (χ3n) is 4.63. The van der Waals surface area contributed by atoms with Gasteiger partial charge in [-0.15, -0.1) is 0 Å². The Kier molecular flexibility index (Phi) is 3.73. The van der Waals surface area contributed by atoms with Crippen molar-refractivity contribution in [3.63, 3.8) is 0 Å². The van der Waals surface area contributed by atoms with E-state index < -0.39 is 5.97 Å². The van der Waals surface area contributed by atoms with Crippen molar-refractivity contribution in [1.29, 1.82) is 0 Å². The van der Waals surface area contributed by atoms with Gasteiger partial charge in [0, 0.05) is 18.4 Å². The first-order valence-corrected chi connectivity index (χ1v) is 8.31. The topological polar surface area (TPSA) is 57.6 Å². The Balaban J connectivity index is 1.83. The van der Waals surface area contributed by atoms with Crippen molar-refractivity contribution in [1.82, 2.24) is 0 Å². The Morgan fingerprint density at radius 1 is 0.960 bits per heavy atom. The quantitative estimate of drug-likeness (QED) is 0.757. The second-order valence-corrected chi connectivity index (χ2v) is 6.18. The fraction of sp³-hybridized carbons (Fsp3) is 0.143. The highest BCUT2D eigenvalue weighted by Crippen LogP contribution is 2.42. The molecule has 0 fully saturated rings. The first-order valence-electron chi connectivity index (χ1n) is 8.31. The third kappa shape index (κ3) is 2.56. The summed E-state index contributed by atoms with van der Waals surface area (Å²) in [4.78, 5) is 25.6. The van der Waals surface area contributed by atoms with Crippen molar-refractivity contribution in [3.8, 4) is 11.1 Å². The van der Waals surface area contributed by atoms with Gasteiger partial charge in [0.2, 0.25) is 0 Å². The molecule has 4 heteroatoms. The van der Waals surface area contributed by atoms with Crippen LogP contribution < -0.4 is 4.90 Å². The van der Waals surface area contributed by atoms with E-state index in [4.69, 9.17) is 5.11 Å². The predicted molar refractivity (Wildman–Crippen MR) is 97.9 cm³/mol. The van der Waals surface area contributed by atoms with Gasteiger partial charge in [0.25, 0.3) is 5.91 Å². The van der Waals surface area contributed by atoms with Crippen LogP contribution in [0, 0.1) is 0 Å². The van der Waals surface area contributed by atoms with Crippen LogP contribution in [0.4, 0.5) is 5.69 Å². The number of aliphatic carboxylic acids is 1. The van der Waals surface area contributed by atoms with Gasteiger partial charge in [0.05, 0.1) is 11.3 Å². The second-order valence-electron chi connectivity index (χ2n) is 6.18. The number of amides is 1. The van der Waals surface area contributed by atoms with E-state index in [0.717, 1.165) is 33.2 Å². The molecule has 1 heterocycles. The molecule has 4 rings (SSSR count). The van der Waals surface area contributed by atoms with Gasteiger partial charge in [-0.1, -0.05) is 54.6 Å². The summed E-state index contributed by atoms with van der Waals surface area (Å²) >= 11 is 0. The Bertz CT molecular complexity index is 979. The van der Waals surface area contributed by atoms with Gasteiger partial charge in [-0.3, -0.25) is 9.59 Å². The number of carbonyl (C=O) groups excluding carboxylic acids is 1. The molecule has 1 aliphatic rings. The van der Waals surface area contributed by atoms with Crippen molar-refractivity contribution in [2.24, 2.45) is 0 Å². The maximum absolute atomic E-state index is 13.1. The van der Waals surface area contributed by atoms with Crippen LogP contribution in [-0.2, 0) is 4.79 Å². The van der Waals surface area contributed by atoms with Crippen molar-refractivity contribution in [2.45, 2.75) is 12.8 Å². The first kappa shape index (κ1) is 15.4. The lowest BCUT2D eigenvalue weighted by atomic mass is 9.95. The zero-order valence-corrected chi connectivity index (χ0v) is 13.6. The molecule has 0 aromatic heterocycles. The van der Waals surface area contributed by atoms with E-state index >= 15 is 0 Å². The monoisotopic (exact) mass is 331 g/mol. The van der Waals surface area contributed by atoms with Crippen molar-refractivity contribution < 1.29 is 14.7 Å². The van der Waals surface area contributed by atoms with Gasteiger partial charge in [0.1, 0.15) is 0 Å². The van der Waals surface area contributed by atoms with Crippen LogP contribution in [0.5, 0.6) is 0 Å². The van der Waals surface area contributed by atoms with Crippen molar-refractivity contribution in [3.05, 3.63) is 66.2 Å². The van der Waals surface area contributed by atoms with Gasteiger partial charge in [-0.2, -0.15) is 0 Å². The van der Waals surface area contributed by atoms with Gasteiger partial charge in [-0.25, -0.2) is 0 Å². The molecule has 0 unspecified atom stereocenters. The molecule has 1 N–H and O–H groups in total. The summed E-state index contributed by atoms with van der Waals surface area (Å²) < 4.78 is 0. The van der Waals surface area contributed by atoms with E-state index in [1.54, 1.807) is 4.90 Å². The van der Waals surface area contributed by atoms with Crippen LogP contribution >= 0.6 is 0 Å². The largest absolute Gasteiger partial charge is 0.481 e. The number of hydrogen-bond acceptors (Lipinski definition) is 2. The normalized spacial score (nSPS) is 12.8. The summed E-state index contributed by atoms with van der Waals surface area (Å²) in [5.41, 5.74) is 3.52. The zero-order valence-electron chi connectivity index (χ0n) is 13.6. The molecule has 1 aliphatic heterocycles.